The lowest BCUT2D eigenvalue weighted by molar-refractivity contribution is 0.578. The maximum atomic E-state index is 11.9. The highest BCUT2D eigenvalue weighted by molar-refractivity contribution is 7.89. The van der Waals surface area contributed by atoms with Crippen LogP contribution in [0.2, 0.25) is 5.02 Å². The average molecular weight is 300 g/mol. The van der Waals surface area contributed by atoms with Gasteiger partial charge in [-0.2, -0.15) is 0 Å². The highest BCUT2D eigenvalue weighted by atomic mass is 35.5. The Hall–Kier alpha value is -1.37. The zero-order valence-electron chi connectivity index (χ0n) is 10.4. The molecule has 0 atom stereocenters. The predicted octanol–water partition coefficient (Wildman–Crippen LogP) is 1.59. The number of benzene rings is 1. The molecular formula is C12H14ClN3O2S. The van der Waals surface area contributed by atoms with Gasteiger partial charge in [-0.15, -0.1) is 0 Å². The summed E-state index contributed by atoms with van der Waals surface area (Å²) >= 11 is 5.78. The van der Waals surface area contributed by atoms with Crippen LogP contribution in [0.5, 0.6) is 0 Å². The molecule has 1 aromatic carbocycles. The van der Waals surface area contributed by atoms with Crippen LogP contribution in [0.4, 0.5) is 0 Å². The number of sulfonamides is 1. The monoisotopic (exact) mass is 299 g/mol. The largest absolute Gasteiger partial charge is 0.339 e. The molecule has 1 aromatic heterocycles. The van der Waals surface area contributed by atoms with E-state index in [1.165, 1.54) is 12.5 Å². The predicted molar refractivity (Wildman–Crippen MR) is 73.6 cm³/mol. The van der Waals surface area contributed by atoms with E-state index in [4.69, 9.17) is 11.6 Å². The van der Waals surface area contributed by atoms with Gasteiger partial charge in [0, 0.05) is 24.8 Å². The third-order valence-electron chi connectivity index (χ3n) is 2.58. The average Bonchev–Trinajstić information content (AvgIpc) is 2.79. The lowest BCUT2D eigenvalue weighted by Crippen LogP contribution is -2.26. The number of nitrogens with zero attached hydrogens (tertiary/aromatic N) is 2. The Morgan fingerprint density at radius 1 is 1.32 bits per heavy atom. The SMILES string of the molecule is Cn1cnc(S(=O)(=O)NCCc2ccc(Cl)cc2)c1. The fourth-order valence-electron chi connectivity index (χ4n) is 1.58. The molecule has 102 valence electrons. The van der Waals surface area contributed by atoms with E-state index in [-0.39, 0.29) is 5.03 Å². The summed E-state index contributed by atoms with van der Waals surface area (Å²) in [5.41, 5.74) is 1.02. The Morgan fingerprint density at radius 3 is 2.58 bits per heavy atom. The van der Waals surface area contributed by atoms with E-state index in [0.717, 1.165) is 5.56 Å². The molecule has 19 heavy (non-hydrogen) atoms. The van der Waals surface area contributed by atoms with Gasteiger partial charge in [0.1, 0.15) is 0 Å². The Labute approximate surface area is 117 Å². The number of hydrogen-bond donors (Lipinski definition) is 1. The Balaban J connectivity index is 1.93. The first kappa shape index (κ1) is 14.0. The number of halogens is 1. The second-order valence-electron chi connectivity index (χ2n) is 4.15. The van der Waals surface area contributed by atoms with Crippen LogP contribution >= 0.6 is 11.6 Å². The van der Waals surface area contributed by atoms with Crippen molar-refractivity contribution in [3.05, 3.63) is 47.4 Å². The summed E-state index contributed by atoms with van der Waals surface area (Å²) < 4.78 is 27.9. The summed E-state index contributed by atoms with van der Waals surface area (Å²) in [5, 5.41) is 0.698. The van der Waals surface area contributed by atoms with Crippen LogP contribution in [0.25, 0.3) is 0 Å². The summed E-state index contributed by atoms with van der Waals surface area (Å²) in [5.74, 6) is 0. The van der Waals surface area contributed by atoms with Gasteiger partial charge in [0.25, 0.3) is 10.0 Å². The van der Waals surface area contributed by atoms with Gasteiger partial charge < -0.3 is 4.57 Å². The molecule has 0 saturated carbocycles. The van der Waals surface area contributed by atoms with E-state index >= 15 is 0 Å². The second-order valence-corrected chi connectivity index (χ2v) is 6.30. The first-order valence-corrected chi connectivity index (χ1v) is 7.55. The van der Waals surface area contributed by atoms with Crippen molar-refractivity contribution in [3.63, 3.8) is 0 Å². The minimum Gasteiger partial charge on any atom is -0.339 e. The van der Waals surface area contributed by atoms with E-state index < -0.39 is 10.0 Å². The highest BCUT2D eigenvalue weighted by Gasteiger charge is 2.15. The van der Waals surface area contributed by atoms with E-state index in [1.54, 1.807) is 23.7 Å². The van der Waals surface area contributed by atoms with E-state index in [1.807, 2.05) is 12.1 Å². The van der Waals surface area contributed by atoms with Crippen LogP contribution in [0, 0.1) is 0 Å². The molecular weight excluding hydrogens is 286 g/mol. The third kappa shape index (κ3) is 3.79. The second kappa shape index (κ2) is 5.73. The van der Waals surface area contributed by atoms with Gasteiger partial charge in [-0.05, 0) is 24.1 Å². The topological polar surface area (TPSA) is 64.0 Å². The highest BCUT2D eigenvalue weighted by Crippen LogP contribution is 2.10. The van der Waals surface area contributed by atoms with Gasteiger partial charge in [0.15, 0.2) is 5.03 Å². The van der Waals surface area contributed by atoms with Crippen molar-refractivity contribution in [2.24, 2.45) is 7.05 Å². The van der Waals surface area contributed by atoms with E-state index in [9.17, 15) is 8.42 Å². The van der Waals surface area contributed by atoms with Gasteiger partial charge in [0.05, 0.1) is 6.33 Å². The summed E-state index contributed by atoms with van der Waals surface area (Å²) in [6, 6.07) is 7.31. The van der Waals surface area contributed by atoms with Crippen molar-refractivity contribution in [2.75, 3.05) is 6.54 Å². The lowest BCUT2D eigenvalue weighted by atomic mass is 10.2. The van der Waals surface area contributed by atoms with Crippen LogP contribution in [0.3, 0.4) is 0 Å². The molecule has 0 amide bonds. The molecule has 0 radical (unpaired) electrons. The Kier molecular flexibility index (Phi) is 4.24. The molecule has 0 aliphatic rings. The summed E-state index contributed by atoms with van der Waals surface area (Å²) in [6.07, 6.45) is 3.52. The summed E-state index contributed by atoms with van der Waals surface area (Å²) in [7, 11) is -1.80. The zero-order valence-corrected chi connectivity index (χ0v) is 11.9. The number of rotatable bonds is 5. The molecule has 1 heterocycles. The minimum atomic E-state index is -3.53. The molecule has 7 heteroatoms. The molecule has 0 spiro atoms. The number of hydrogen-bond acceptors (Lipinski definition) is 3. The number of nitrogens with one attached hydrogen (secondary N) is 1. The molecule has 0 fully saturated rings. The first-order valence-electron chi connectivity index (χ1n) is 5.69. The summed E-state index contributed by atoms with van der Waals surface area (Å²) in [6.45, 7) is 0.320. The standard InChI is InChI=1S/C12H14ClN3O2S/c1-16-8-12(14-9-16)19(17,18)15-7-6-10-2-4-11(13)5-3-10/h2-5,8-9,15H,6-7H2,1H3. The zero-order chi connectivity index (χ0) is 13.9. The van der Waals surface area contributed by atoms with Crippen LogP contribution in [-0.4, -0.2) is 24.5 Å². The van der Waals surface area contributed by atoms with Gasteiger partial charge in [-0.1, -0.05) is 23.7 Å². The van der Waals surface area contributed by atoms with Crippen molar-refractivity contribution in [1.82, 2.24) is 14.3 Å². The minimum absolute atomic E-state index is 0.0334. The number of imidazole rings is 1. The normalized spacial score (nSPS) is 11.7. The van der Waals surface area contributed by atoms with Crippen LogP contribution in [0.15, 0.2) is 41.8 Å². The third-order valence-corrected chi connectivity index (χ3v) is 4.17. The van der Waals surface area contributed by atoms with Crippen molar-refractivity contribution in [3.8, 4) is 0 Å². The summed E-state index contributed by atoms with van der Waals surface area (Å²) in [4.78, 5) is 3.82. The van der Waals surface area contributed by atoms with E-state index in [0.29, 0.717) is 18.0 Å². The smallest absolute Gasteiger partial charge is 0.259 e. The molecule has 0 aliphatic heterocycles. The molecule has 0 saturated heterocycles. The van der Waals surface area contributed by atoms with Gasteiger partial charge in [-0.3, -0.25) is 0 Å². The fraction of sp³-hybridized carbons (Fsp3) is 0.250. The molecule has 1 N–H and O–H groups in total. The van der Waals surface area contributed by atoms with Crippen LogP contribution in [0.1, 0.15) is 5.56 Å². The Morgan fingerprint density at radius 2 is 2.00 bits per heavy atom. The molecule has 2 rings (SSSR count). The maximum absolute atomic E-state index is 11.9. The van der Waals surface area contributed by atoms with E-state index in [2.05, 4.69) is 9.71 Å². The van der Waals surface area contributed by atoms with Crippen LogP contribution < -0.4 is 4.72 Å². The fourth-order valence-corrected chi connectivity index (χ4v) is 2.72. The Bertz CT molecular complexity index is 650. The number of aromatic nitrogens is 2. The van der Waals surface area contributed by atoms with Crippen molar-refractivity contribution in [2.45, 2.75) is 11.4 Å². The lowest BCUT2D eigenvalue weighted by Gasteiger charge is -2.04. The van der Waals surface area contributed by atoms with Crippen LogP contribution in [-0.2, 0) is 23.5 Å². The molecule has 5 nitrogen and oxygen atoms in total. The van der Waals surface area contributed by atoms with Gasteiger partial charge >= 0.3 is 0 Å². The molecule has 0 bridgehead atoms. The van der Waals surface area contributed by atoms with Gasteiger partial charge in [0.2, 0.25) is 0 Å². The van der Waals surface area contributed by atoms with Crippen molar-refractivity contribution in [1.29, 1.82) is 0 Å². The quantitative estimate of drug-likeness (QED) is 0.912. The molecule has 2 aromatic rings. The van der Waals surface area contributed by atoms with Crippen molar-refractivity contribution < 1.29 is 8.42 Å². The van der Waals surface area contributed by atoms with Crippen molar-refractivity contribution >= 4 is 21.6 Å². The molecule has 0 aliphatic carbocycles. The number of aryl methyl sites for hydroxylation is 1. The maximum Gasteiger partial charge on any atom is 0.259 e. The first-order chi connectivity index (χ1) is 8.97. The van der Waals surface area contributed by atoms with Gasteiger partial charge in [-0.25, -0.2) is 18.1 Å². The molecule has 0 unspecified atom stereocenters.